The number of nitrogens with zero attached hydrogens (tertiary/aromatic N) is 1. The van der Waals surface area contributed by atoms with E-state index < -0.39 is 0 Å². The highest BCUT2D eigenvalue weighted by Crippen LogP contribution is 2.17. The minimum absolute atomic E-state index is 1.10. The van der Waals surface area contributed by atoms with Crippen LogP contribution in [0.4, 0.5) is 0 Å². The van der Waals surface area contributed by atoms with Crippen LogP contribution in [0.3, 0.4) is 0 Å². The SMILES string of the molecule is C/C=C(\C=NC)c1ccc(CC)c(C)c1. The molecule has 1 aromatic carbocycles. The highest BCUT2D eigenvalue weighted by Gasteiger charge is 2.00. The summed E-state index contributed by atoms with van der Waals surface area (Å²) in [5.41, 5.74) is 5.21. The molecule has 0 fully saturated rings. The summed E-state index contributed by atoms with van der Waals surface area (Å²) in [4.78, 5) is 4.06. The summed E-state index contributed by atoms with van der Waals surface area (Å²) >= 11 is 0. The molecule has 0 aromatic heterocycles. The molecule has 0 unspecified atom stereocenters. The average molecular weight is 201 g/mol. The van der Waals surface area contributed by atoms with Gasteiger partial charge >= 0.3 is 0 Å². The van der Waals surface area contributed by atoms with Gasteiger partial charge in [0.2, 0.25) is 0 Å². The number of benzene rings is 1. The zero-order valence-corrected chi connectivity index (χ0v) is 10.0. The molecule has 1 heteroatoms. The predicted molar refractivity (Wildman–Crippen MR) is 68.6 cm³/mol. The second-order valence-electron chi connectivity index (χ2n) is 3.63. The first-order valence-electron chi connectivity index (χ1n) is 5.41. The third-order valence-corrected chi connectivity index (χ3v) is 2.64. The minimum Gasteiger partial charge on any atom is -0.296 e. The zero-order chi connectivity index (χ0) is 11.3. The van der Waals surface area contributed by atoms with Crippen molar-refractivity contribution in [2.24, 2.45) is 4.99 Å². The van der Waals surface area contributed by atoms with E-state index in [1.54, 1.807) is 7.05 Å². The van der Waals surface area contributed by atoms with Crippen molar-refractivity contribution in [3.63, 3.8) is 0 Å². The Bertz CT molecular complexity index is 386. The van der Waals surface area contributed by atoms with Crippen LogP contribution in [0.25, 0.3) is 5.57 Å². The summed E-state index contributed by atoms with van der Waals surface area (Å²) in [5, 5.41) is 0. The van der Waals surface area contributed by atoms with E-state index in [1.165, 1.54) is 22.3 Å². The Morgan fingerprint density at radius 1 is 1.40 bits per heavy atom. The molecule has 0 aliphatic rings. The van der Waals surface area contributed by atoms with E-state index in [2.05, 4.69) is 43.1 Å². The van der Waals surface area contributed by atoms with Crippen LogP contribution in [0.5, 0.6) is 0 Å². The third kappa shape index (κ3) is 2.79. The molecule has 0 aliphatic carbocycles. The number of hydrogen-bond donors (Lipinski definition) is 0. The molecule has 15 heavy (non-hydrogen) atoms. The van der Waals surface area contributed by atoms with Crippen molar-refractivity contribution >= 4 is 11.8 Å². The lowest BCUT2D eigenvalue weighted by Crippen LogP contribution is -1.91. The average Bonchev–Trinajstić information content (AvgIpc) is 2.25. The summed E-state index contributed by atoms with van der Waals surface area (Å²) < 4.78 is 0. The Hall–Kier alpha value is -1.37. The van der Waals surface area contributed by atoms with Crippen molar-refractivity contribution in [3.8, 4) is 0 Å². The number of hydrogen-bond acceptors (Lipinski definition) is 1. The van der Waals surface area contributed by atoms with Crippen LogP contribution < -0.4 is 0 Å². The van der Waals surface area contributed by atoms with Gasteiger partial charge in [-0.1, -0.05) is 31.2 Å². The van der Waals surface area contributed by atoms with Crippen LogP contribution in [0, 0.1) is 6.92 Å². The van der Waals surface area contributed by atoms with E-state index in [0.717, 1.165) is 6.42 Å². The van der Waals surface area contributed by atoms with Crippen LogP contribution in [0.2, 0.25) is 0 Å². The van der Waals surface area contributed by atoms with Gasteiger partial charge in [0.15, 0.2) is 0 Å². The van der Waals surface area contributed by atoms with Crippen molar-refractivity contribution < 1.29 is 0 Å². The molecule has 0 aliphatic heterocycles. The smallest absolute Gasteiger partial charge is 0.0284 e. The lowest BCUT2D eigenvalue weighted by Gasteiger charge is -2.07. The molecule has 0 heterocycles. The Labute approximate surface area is 92.6 Å². The maximum absolute atomic E-state index is 4.06. The lowest BCUT2D eigenvalue weighted by atomic mass is 9.99. The van der Waals surface area contributed by atoms with E-state index in [-0.39, 0.29) is 0 Å². The van der Waals surface area contributed by atoms with E-state index >= 15 is 0 Å². The summed E-state index contributed by atoms with van der Waals surface area (Å²) in [6.45, 7) is 6.39. The fourth-order valence-corrected chi connectivity index (χ4v) is 1.73. The number of aliphatic imine (C=N–C) groups is 1. The fraction of sp³-hybridized carbons (Fsp3) is 0.357. The Balaban J connectivity index is 3.11. The molecule has 80 valence electrons. The molecule has 0 N–H and O–H groups in total. The van der Waals surface area contributed by atoms with E-state index in [4.69, 9.17) is 0 Å². The monoisotopic (exact) mass is 201 g/mol. The standard InChI is InChI=1S/C14H19N/c1-5-12-7-8-14(9-11(12)3)13(6-2)10-15-4/h6-10H,5H2,1-4H3/b13-6+,15-10?. The van der Waals surface area contributed by atoms with Gasteiger partial charge in [-0.25, -0.2) is 0 Å². The fourth-order valence-electron chi connectivity index (χ4n) is 1.73. The second kappa shape index (κ2) is 5.50. The lowest BCUT2D eigenvalue weighted by molar-refractivity contribution is 1.11. The van der Waals surface area contributed by atoms with Crippen molar-refractivity contribution in [1.82, 2.24) is 0 Å². The summed E-state index contributed by atoms with van der Waals surface area (Å²) in [7, 11) is 1.80. The molecule has 1 aromatic rings. The molecule has 0 amide bonds. The highest BCUT2D eigenvalue weighted by atomic mass is 14.6. The Morgan fingerprint density at radius 3 is 2.60 bits per heavy atom. The van der Waals surface area contributed by atoms with Gasteiger partial charge in [-0.3, -0.25) is 4.99 Å². The first-order valence-corrected chi connectivity index (χ1v) is 5.41. The number of allylic oxidation sites excluding steroid dienone is 2. The molecule has 0 radical (unpaired) electrons. The predicted octanol–water partition coefficient (Wildman–Crippen LogP) is 3.66. The maximum Gasteiger partial charge on any atom is 0.0284 e. The van der Waals surface area contributed by atoms with Crippen molar-refractivity contribution in [1.29, 1.82) is 0 Å². The van der Waals surface area contributed by atoms with Gasteiger partial charge in [0, 0.05) is 13.3 Å². The Kier molecular flexibility index (Phi) is 4.29. The number of rotatable bonds is 3. The van der Waals surface area contributed by atoms with Crippen LogP contribution in [0.15, 0.2) is 29.3 Å². The largest absolute Gasteiger partial charge is 0.296 e. The molecular weight excluding hydrogens is 182 g/mol. The van der Waals surface area contributed by atoms with Crippen LogP contribution >= 0.6 is 0 Å². The van der Waals surface area contributed by atoms with E-state index in [0.29, 0.717) is 0 Å². The van der Waals surface area contributed by atoms with Gasteiger partial charge in [-0.2, -0.15) is 0 Å². The van der Waals surface area contributed by atoms with Crippen LogP contribution in [-0.2, 0) is 6.42 Å². The maximum atomic E-state index is 4.06. The molecule has 0 atom stereocenters. The third-order valence-electron chi connectivity index (χ3n) is 2.64. The van der Waals surface area contributed by atoms with Crippen molar-refractivity contribution in [3.05, 3.63) is 41.0 Å². The van der Waals surface area contributed by atoms with Gasteiger partial charge < -0.3 is 0 Å². The highest BCUT2D eigenvalue weighted by molar-refractivity contribution is 6.09. The molecule has 0 saturated carbocycles. The van der Waals surface area contributed by atoms with Gasteiger partial charge in [-0.05, 0) is 42.5 Å². The van der Waals surface area contributed by atoms with Gasteiger partial charge in [0.1, 0.15) is 0 Å². The molecule has 0 bridgehead atoms. The Morgan fingerprint density at radius 2 is 2.13 bits per heavy atom. The van der Waals surface area contributed by atoms with Crippen molar-refractivity contribution in [2.75, 3.05) is 7.05 Å². The van der Waals surface area contributed by atoms with Gasteiger partial charge in [0.25, 0.3) is 0 Å². The molecule has 0 spiro atoms. The van der Waals surface area contributed by atoms with E-state index in [1.807, 2.05) is 13.1 Å². The zero-order valence-electron chi connectivity index (χ0n) is 10.0. The molecule has 1 nitrogen and oxygen atoms in total. The first-order chi connectivity index (χ1) is 7.22. The summed E-state index contributed by atoms with van der Waals surface area (Å²) in [5.74, 6) is 0. The molecule has 1 rings (SSSR count). The summed E-state index contributed by atoms with van der Waals surface area (Å²) in [6, 6.07) is 6.61. The minimum atomic E-state index is 1.10. The van der Waals surface area contributed by atoms with Crippen LogP contribution in [0.1, 0.15) is 30.5 Å². The normalized spacial score (nSPS) is 12.4. The summed E-state index contributed by atoms with van der Waals surface area (Å²) in [6.07, 6.45) is 5.09. The van der Waals surface area contributed by atoms with Gasteiger partial charge in [0.05, 0.1) is 0 Å². The first kappa shape index (κ1) is 11.7. The molecular formula is C14H19N. The van der Waals surface area contributed by atoms with Crippen molar-refractivity contribution in [2.45, 2.75) is 27.2 Å². The topological polar surface area (TPSA) is 12.4 Å². The quantitative estimate of drug-likeness (QED) is 0.662. The van der Waals surface area contributed by atoms with Crippen LogP contribution in [-0.4, -0.2) is 13.3 Å². The van der Waals surface area contributed by atoms with Gasteiger partial charge in [-0.15, -0.1) is 0 Å². The molecule has 0 saturated heterocycles. The van der Waals surface area contributed by atoms with E-state index in [9.17, 15) is 0 Å². The second-order valence-corrected chi connectivity index (χ2v) is 3.63. The number of aryl methyl sites for hydroxylation is 2.